The number of phenolic OH excluding ortho intramolecular Hbond substituents is 3. The van der Waals surface area contributed by atoms with E-state index in [9.17, 15) is 15.3 Å². The van der Waals surface area contributed by atoms with E-state index in [1.54, 1.807) is 54.6 Å². The maximum Gasteiger partial charge on any atom is 0.127 e. The van der Waals surface area contributed by atoms with Gasteiger partial charge in [0.15, 0.2) is 0 Å². The summed E-state index contributed by atoms with van der Waals surface area (Å²) in [4.78, 5) is 0. The van der Waals surface area contributed by atoms with E-state index < -0.39 is 0 Å². The number of phenols is 3. The Morgan fingerprint density at radius 3 is 1.87 bits per heavy atom. The number of hydrogen-bond acceptors (Lipinski definition) is 4. The topological polar surface area (TPSA) is 69.9 Å². The maximum atomic E-state index is 10.0. The van der Waals surface area contributed by atoms with Crippen molar-refractivity contribution in [1.82, 2.24) is 0 Å². The third-order valence-corrected chi connectivity index (χ3v) is 3.45. The Labute approximate surface area is 133 Å². The molecule has 4 nitrogen and oxygen atoms in total. The van der Waals surface area contributed by atoms with Gasteiger partial charge in [0.05, 0.1) is 0 Å². The molecule has 0 atom stereocenters. The molecule has 23 heavy (non-hydrogen) atoms. The second-order valence-corrected chi connectivity index (χ2v) is 5.23. The minimum atomic E-state index is 0.177. The summed E-state index contributed by atoms with van der Waals surface area (Å²) in [6.07, 6.45) is 0.527. The van der Waals surface area contributed by atoms with Gasteiger partial charge in [-0.15, -0.1) is 0 Å². The van der Waals surface area contributed by atoms with E-state index in [2.05, 4.69) is 0 Å². The highest BCUT2D eigenvalue weighted by Crippen LogP contribution is 2.29. The molecule has 3 N–H and O–H groups in total. The summed E-state index contributed by atoms with van der Waals surface area (Å²) in [6.45, 7) is 0. The Balaban J connectivity index is 1.81. The molecule has 0 spiro atoms. The van der Waals surface area contributed by atoms with Crippen molar-refractivity contribution in [2.24, 2.45) is 0 Å². The van der Waals surface area contributed by atoms with Crippen LogP contribution in [0.25, 0.3) is 0 Å². The standard InChI is InChI=1S/C19H16O4/c20-15-3-1-13(2-4-15)11-14-12-18(9-10-19(14)22)23-17-7-5-16(21)6-8-17/h1-10,12,20-22H,11H2. The third kappa shape index (κ3) is 3.74. The fourth-order valence-electron chi connectivity index (χ4n) is 2.25. The minimum Gasteiger partial charge on any atom is -0.508 e. The van der Waals surface area contributed by atoms with Crippen LogP contribution in [0.2, 0.25) is 0 Å². The van der Waals surface area contributed by atoms with Crippen LogP contribution in [0, 0.1) is 0 Å². The van der Waals surface area contributed by atoms with E-state index >= 15 is 0 Å². The number of benzene rings is 3. The van der Waals surface area contributed by atoms with E-state index in [1.165, 1.54) is 0 Å². The molecule has 0 aliphatic carbocycles. The molecule has 116 valence electrons. The molecule has 0 saturated heterocycles. The quantitative estimate of drug-likeness (QED) is 0.676. The Kier molecular flexibility index (Phi) is 4.06. The van der Waals surface area contributed by atoms with E-state index in [4.69, 9.17) is 4.74 Å². The first kappa shape index (κ1) is 14.8. The second-order valence-electron chi connectivity index (χ2n) is 5.23. The van der Waals surface area contributed by atoms with E-state index in [-0.39, 0.29) is 17.2 Å². The monoisotopic (exact) mass is 308 g/mol. The van der Waals surface area contributed by atoms with Crippen LogP contribution in [0.1, 0.15) is 11.1 Å². The van der Waals surface area contributed by atoms with Crippen LogP contribution in [0.5, 0.6) is 28.7 Å². The molecular weight excluding hydrogens is 292 g/mol. The van der Waals surface area contributed by atoms with Gasteiger partial charge in [-0.05, 0) is 60.2 Å². The number of hydrogen-bond donors (Lipinski definition) is 3. The fraction of sp³-hybridized carbons (Fsp3) is 0.0526. The van der Waals surface area contributed by atoms with Gasteiger partial charge in [0.25, 0.3) is 0 Å². The van der Waals surface area contributed by atoms with Gasteiger partial charge in [0.1, 0.15) is 28.7 Å². The van der Waals surface area contributed by atoms with Gasteiger partial charge in [-0.1, -0.05) is 12.1 Å². The Bertz CT molecular complexity index is 793. The van der Waals surface area contributed by atoms with Gasteiger partial charge in [0.2, 0.25) is 0 Å². The first-order valence-electron chi connectivity index (χ1n) is 7.17. The molecule has 0 amide bonds. The highest BCUT2D eigenvalue weighted by Gasteiger charge is 2.06. The average Bonchev–Trinajstić information content (AvgIpc) is 2.55. The maximum absolute atomic E-state index is 10.0. The third-order valence-electron chi connectivity index (χ3n) is 3.45. The molecule has 0 aromatic heterocycles. The zero-order valence-electron chi connectivity index (χ0n) is 12.3. The predicted molar refractivity (Wildman–Crippen MR) is 87.2 cm³/mol. The first-order valence-corrected chi connectivity index (χ1v) is 7.17. The molecule has 0 unspecified atom stereocenters. The smallest absolute Gasteiger partial charge is 0.127 e. The molecule has 0 heterocycles. The lowest BCUT2D eigenvalue weighted by Crippen LogP contribution is -1.91. The summed E-state index contributed by atoms with van der Waals surface area (Å²) < 4.78 is 5.72. The summed E-state index contributed by atoms with van der Waals surface area (Å²) in [7, 11) is 0. The largest absolute Gasteiger partial charge is 0.508 e. The lowest BCUT2D eigenvalue weighted by atomic mass is 10.0. The molecule has 3 aromatic rings. The van der Waals surface area contributed by atoms with Crippen LogP contribution >= 0.6 is 0 Å². The number of ether oxygens (including phenoxy) is 1. The van der Waals surface area contributed by atoms with Crippen molar-refractivity contribution in [2.45, 2.75) is 6.42 Å². The van der Waals surface area contributed by atoms with Crippen LogP contribution in [-0.2, 0) is 6.42 Å². The summed E-state index contributed by atoms with van der Waals surface area (Å²) in [6, 6.07) is 18.3. The Hall–Kier alpha value is -3.14. The van der Waals surface area contributed by atoms with E-state index in [0.717, 1.165) is 11.1 Å². The van der Waals surface area contributed by atoms with Crippen molar-refractivity contribution in [1.29, 1.82) is 0 Å². The van der Waals surface area contributed by atoms with Crippen molar-refractivity contribution < 1.29 is 20.1 Å². The summed E-state index contributed by atoms with van der Waals surface area (Å²) >= 11 is 0. The van der Waals surface area contributed by atoms with E-state index in [0.29, 0.717) is 17.9 Å². The predicted octanol–water partition coefficient (Wildman–Crippen LogP) is 4.19. The van der Waals surface area contributed by atoms with Gasteiger partial charge >= 0.3 is 0 Å². The summed E-state index contributed by atoms with van der Waals surface area (Å²) in [5.41, 5.74) is 1.70. The Morgan fingerprint density at radius 1 is 0.652 bits per heavy atom. The van der Waals surface area contributed by atoms with Crippen molar-refractivity contribution in [3.63, 3.8) is 0 Å². The minimum absolute atomic E-state index is 0.177. The number of aromatic hydroxyl groups is 3. The molecule has 0 aliphatic rings. The van der Waals surface area contributed by atoms with Crippen molar-refractivity contribution in [2.75, 3.05) is 0 Å². The van der Waals surface area contributed by atoms with Crippen molar-refractivity contribution in [3.8, 4) is 28.7 Å². The van der Waals surface area contributed by atoms with Crippen LogP contribution < -0.4 is 4.74 Å². The zero-order chi connectivity index (χ0) is 16.2. The van der Waals surface area contributed by atoms with Gasteiger partial charge in [-0.2, -0.15) is 0 Å². The van der Waals surface area contributed by atoms with E-state index in [1.807, 2.05) is 12.1 Å². The number of rotatable bonds is 4. The lowest BCUT2D eigenvalue weighted by molar-refractivity contribution is 0.455. The molecule has 0 radical (unpaired) electrons. The normalized spacial score (nSPS) is 10.4. The molecule has 0 saturated carbocycles. The van der Waals surface area contributed by atoms with Crippen molar-refractivity contribution in [3.05, 3.63) is 77.9 Å². The molecule has 0 fully saturated rings. The van der Waals surface area contributed by atoms with Crippen LogP contribution in [0.4, 0.5) is 0 Å². The van der Waals surface area contributed by atoms with Crippen LogP contribution in [0.3, 0.4) is 0 Å². The molecular formula is C19H16O4. The molecule has 4 heteroatoms. The molecule has 3 rings (SSSR count). The lowest BCUT2D eigenvalue weighted by Gasteiger charge is -2.10. The molecule has 0 aliphatic heterocycles. The summed E-state index contributed by atoms with van der Waals surface area (Å²) in [5, 5.41) is 28.6. The molecule has 0 bridgehead atoms. The van der Waals surface area contributed by atoms with Gasteiger partial charge in [-0.25, -0.2) is 0 Å². The fourth-order valence-corrected chi connectivity index (χ4v) is 2.25. The SMILES string of the molecule is Oc1ccc(Cc2cc(Oc3ccc(O)cc3)ccc2O)cc1. The van der Waals surface area contributed by atoms with Crippen molar-refractivity contribution >= 4 is 0 Å². The van der Waals surface area contributed by atoms with Crippen LogP contribution in [-0.4, -0.2) is 15.3 Å². The highest BCUT2D eigenvalue weighted by atomic mass is 16.5. The van der Waals surface area contributed by atoms with Gasteiger partial charge < -0.3 is 20.1 Å². The van der Waals surface area contributed by atoms with Gasteiger partial charge in [-0.3, -0.25) is 0 Å². The highest BCUT2D eigenvalue weighted by molar-refractivity contribution is 5.44. The molecule has 3 aromatic carbocycles. The Morgan fingerprint density at radius 2 is 1.22 bits per heavy atom. The summed E-state index contributed by atoms with van der Waals surface area (Å²) in [5.74, 6) is 1.78. The first-order chi connectivity index (χ1) is 11.1. The average molecular weight is 308 g/mol. The second kappa shape index (κ2) is 6.32. The van der Waals surface area contributed by atoms with Gasteiger partial charge in [0, 0.05) is 12.0 Å². The zero-order valence-corrected chi connectivity index (χ0v) is 12.3. The van der Waals surface area contributed by atoms with Crippen LogP contribution in [0.15, 0.2) is 66.7 Å².